The van der Waals surface area contributed by atoms with E-state index in [4.69, 9.17) is 5.73 Å². The largest absolute Gasteiger partial charge is 0.384 e. The van der Waals surface area contributed by atoms with Crippen molar-refractivity contribution in [2.24, 2.45) is 11.1 Å². The van der Waals surface area contributed by atoms with E-state index in [1.807, 2.05) is 12.1 Å². The van der Waals surface area contributed by atoms with Crippen molar-refractivity contribution in [3.63, 3.8) is 0 Å². The van der Waals surface area contributed by atoms with Crippen molar-refractivity contribution < 1.29 is 8.42 Å². The molecule has 1 aromatic carbocycles. The summed E-state index contributed by atoms with van der Waals surface area (Å²) >= 11 is 0. The van der Waals surface area contributed by atoms with Crippen molar-refractivity contribution in [1.82, 2.24) is 0 Å². The van der Waals surface area contributed by atoms with Crippen LogP contribution in [0, 0.1) is 5.41 Å². The highest BCUT2D eigenvalue weighted by molar-refractivity contribution is 7.91. The molecule has 0 fully saturated rings. The van der Waals surface area contributed by atoms with Crippen molar-refractivity contribution in [2.45, 2.75) is 38.5 Å². The van der Waals surface area contributed by atoms with E-state index in [0.717, 1.165) is 25.1 Å². The molecule has 4 nitrogen and oxygen atoms in total. The minimum atomic E-state index is -3.12. The summed E-state index contributed by atoms with van der Waals surface area (Å²) in [5.41, 5.74) is 6.91. The van der Waals surface area contributed by atoms with Gasteiger partial charge >= 0.3 is 0 Å². The van der Waals surface area contributed by atoms with E-state index in [1.54, 1.807) is 19.1 Å². The molecule has 114 valence electrons. The van der Waals surface area contributed by atoms with Crippen LogP contribution in [0.3, 0.4) is 0 Å². The maximum absolute atomic E-state index is 11.7. The molecule has 0 amide bonds. The topological polar surface area (TPSA) is 72.2 Å². The first kappa shape index (κ1) is 17.0. The van der Waals surface area contributed by atoms with Crippen molar-refractivity contribution >= 4 is 15.5 Å². The Balaban J connectivity index is 2.76. The van der Waals surface area contributed by atoms with Crippen molar-refractivity contribution in [3.8, 4) is 0 Å². The number of hydrogen-bond donors (Lipinski definition) is 2. The van der Waals surface area contributed by atoms with Crippen molar-refractivity contribution in [3.05, 3.63) is 24.3 Å². The zero-order valence-electron chi connectivity index (χ0n) is 12.6. The molecule has 0 unspecified atom stereocenters. The molecule has 5 heteroatoms. The highest BCUT2D eigenvalue weighted by atomic mass is 32.2. The predicted molar refractivity (Wildman–Crippen MR) is 84.7 cm³/mol. The summed E-state index contributed by atoms with van der Waals surface area (Å²) < 4.78 is 23.5. The van der Waals surface area contributed by atoms with Gasteiger partial charge in [0.05, 0.1) is 10.6 Å². The van der Waals surface area contributed by atoms with Gasteiger partial charge in [0.25, 0.3) is 0 Å². The number of anilines is 1. The van der Waals surface area contributed by atoms with E-state index in [0.29, 0.717) is 11.4 Å². The lowest BCUT2D eigenvalue weighted by molar-refractivity contribution is 0.294. The van der Waals surface area contributed by atoms with Crippen LogP contribution in [0.25, 0.3) is 0 Å². The monoisotopic (exact) mass is 298 g/mol. The highest BCUT2D eigenvalue weighted by Gasteiger charge is 2.23. The van der Waals surface area contributed by atoms with E-state index in [9.17, 15) is 8.42 Å². The van der Waals surface area contributed by atoms with Gasteiger partial charge in [-0.3, -0.25) is 0 Å². The van der Waals surface area contributed by atoms with Crippen LogP contribution in [-0.2, 0) is 9.84 Å². The average Bonchev–Trinajstić information content (AvgIpc) is 2.50. The van der Waals surface area contributed by atoms with Crippen LogP contribution in [-0.4, -0.2) is 27.3 Å². The summed E-state index contributed by atoms with van der Waals surface area (Å²) in [4.78, 5) is 0.377. The van der Waals surface area contributed by atoms with Gasteiger partial charge < -0.3 is 11.1 Å². The van der Waals surface area contributed by atoms with Crippen LogP contribution < -0.4 is 11.1 Å². The fraction of sp³-hybridized carbons (Fsp3) is 0.600. The van der Waals surface area contributed by atoms with Gasteiger partial charge in [-0.25, -0.2) is 8.42 Å². The molecule has 0 saturated heterocycles. The molecule has 0 aromatic heterocycles. The van der Waals surface area contributed by atoms with Gasteiger partial charge in [-0.15, -0.1) is 0 Å². The summed E-state index contributed by atoms with van der Waals surface area (Å²) in [6, 6.07) is 6.94. The first-order chi connectivity index (χ1) is 9.43. The number of rotatable bonds is 8. The standard InChI is InChI=1S/C15H26N2O2S/c1-4-15(5-2,11-16)12-17-13-7-9-14(10-8-13)20(18,19)6-3/h7-10,17H,4-6,11-12,16H2,1-3H3. The molecule has 3 N–H and O–H groups in total. The van der Waals surface area contributed by atoms with Crippen LogP contribution in [0.1, 0.15) is 33.6 Å². The van der Waals surface area contributed by atoms with Crippen LogP contribution in [0.4, 0.5) is 5.69 Å². The molecule has 20 heavy (non-hydrogen) atoms. The second-order valence-electron chi connectivity index (χ2n) is 5.19. The Morgan fingerprint density at radius 1 is 1.10 bits per heavy atom. The molecule has 1 rings (SSSR count). The summed E-state index contributed by atoms with van der Waals surface area (Å²) in [5, 5.41) is 3.36. The van der Waals surface area contributed by atoms with Gasteiger partial charge in [-0.1, -0.05) is 20.8 Å². The second-order valence-corrected chi connectivity index (χ2v) is 7.47. The Morgan fingerprint density at radius 3 is 2.05 bits per heavy atom. The third kappa shape index (κ3) is 3.96. The summed E-state index contributed by atoms with van der Waals surface area (Å²) in [6.45, 7) is 7.40. The molecule has 1 aromatic rings. The first-order valence-corrected chi connectivity index (χ1v) is 8.85. The number of nitrogens with two attached hydrogens (primary N) is 1. The third-order valence-electron chi connectivity index (χ3n) is 4.19. The van der Waals surface area contributed by atoms with Crippen LogP contribution in [0.5, 0.6) is 0 Å². The van der Waals surface area contributed by atoms with Crippen molar-refractivity contribution in [2.75, 3.05) is 24.2 Å². The molecule has 0 aliphatic heterocycles. The van der Waals surface area contributed by atoms with Gasteiger partial charge in [-0.05, 0) is 49.1 Å². The minimum absolute atomic E-state index is 0.105. The zero-order valence-corrected chi connectivity index (χ0v) is 13.5. The third-order valence-corrected chi connectivity index (χ3v) is 5.94. The predicted octanol–water partition coefficient (Wildman–Crippen LogP) is 2.66. The second kappa shape index (κ2) is 7.09. The Morgan fingerprint density at radius 2 is 1.65 bits per heavy atom. The SMILES string of the molecule is CCC(CC)(CN)CNc1ccc(S(=O)(=O)CC)cc1. The van der Waals surface area contributed by atoms with Crippen molar-refractivity contribution in [1.29, 1.82) is 0 Å². The van der Waals surface area contributed by atoms with Gasteiger partial charge in [0.15, 0.2) is 9.84 Å². The normalized spacial score (nSPS) is 12.4. The van der Waals surface area contributed by atoms with E-state index in [2.05, 4.69) is 19.2 Å². The maximum atomic E-state index is 11.7. The molecule has 0 spiro atoms. The van der Waals surface area contributed by atoms with Gasteiger partial charge in [0.1, 0.15) is 0 Å². The lowest BCUT2D eigenvalue weighted by Crippen LogP contribution is -2.36. The summed E-state index contributed by atoms with van der Waals surface area (Å²) in [6.07, 6.45) is 2.05. The lowest BCUT2D eigenvalue weighted by atomic mass is 9.82. The van der Waals surface area contributed by atoms with Crippen LogP contribution in [0.2, 0.25) is 0 Å². The van der Waals surface area contributed by atoms with Gasteiger partial charge in [0, 0.05) is 12.2 Å². The zero-order chi connectivity index (χ0) is 15.2. The number of sulfone groups is 1. The lowest BCUT2D eigenvalue weighted by Gasteiger charge is -2.30. The molecule has 0 heterocycles. The molecule has 0 aliphatic carbocycles. The quantitative estimate of drug-likeness (QED) is 0.774. The molecule has 0 radical (unpaired) electrons. The van der Waals surface area contributed by atoms with Gasteiger partial charge in [0.2, 0.25) is 0 Å². The number of nitrogens with one attached hydrogen (secondary N) is 1. The van der Waals surface area contributed by atoms with Gasteiger partial charge in [-0.2, -0.15) is 0 Å². The van der Waals surface area contributed by atoms with Crippen LogP contribution >= 0.6 is 0 Å². The summed E-state index contributed by atoms with van der Waals surface area (Å²) in [7, 11) is -3.12. The van der Waals surface area contributed by atoms with E-state index in [-0.39, 0.29) is 11.2 Å². The van der Waals surface area contributed by atoms with Crippen LogP contribution in [0.15, 0.2) is 29.2 Å². The number of benzene rings is 1. The molecule has 0 saturated carbocycles. The highest BCUT2D eigenvalue weighted by Crippen LogP contribution is 2.25. The fourth-order valence-electron chi connectivity index (χ4n) is 2.10. The minimum Gasteiger partial charge on any atom is -0.384 e. The Labute approximate surface area is 122 Å². The smallest absolute Gasteiger partial charge is 0.178 e. The Bertz CT molecular complexity index is 497. The maximum Gasteiger partial charge on any atom is 0.178 e. The molecule has 0 atom stereocenters. The summed E-state index contributed by atoms with van der Waals surface area (Å²) in [5.74, 6) is 0.127. The molecule has 0 aliphatic rings. The first-order valence-electron chi connectivity index (χ1n) is 7.19. The van der Waals surface area contributed by atoms with E-state index in [1.165, 1.54) is 0 Å². The molecular weight excluding hydrogens is 272 g/mol. The Hall–Kier alpha value is -1.07. The van der Waals surface area contributed by atoms with E-state index < -0.39 is 9.84 Å². The Kier molecular flexibility index (Phi) is 6.02. The molecular formula is C15H26N2O2S. The average molecular weight is 298 g/mol. The number of hydrogen-bond acceptors (Lipinski definition) is 4. The fourth-order valence-corrected chi connectivity index (χ4v) is 2.98. The van der Waals surface area contributed by atoms with E-state index >= 15 is 0 Å². The molecule has 0 bridgehead atoms.